The van der Waals surface area contributed by atoms with Crippen molar-refractivity contribution in [3.05, 3.63) is 29.8 Å². The molecule has 1 aliphatic rings. The van der Waals surface area contributed by atoms with Crippen molar-refractivity contribution >= 4 is 11.8 Å². The van der Waals surface area contributed by atoms with E-state index in [1.54, 1.807) is 0 Å². The average Bonchev–Trinajstić information content (AvgIpc) is 3.26. The maximum absolute atomic E-state index is 11.8. The van der Waals surface area contributed by atoms with Crippen LogP contribution in [0.5, 0.6) is 0 Å². The molecule has 1 fully saturated rings. The van der Waals surface area contributed by atoms with Crippen LogP contribution in [0, 0.1) is 5.92 Å². The van der Waals surface area contributed by atoms with Crippen LogP contribution in [0.4, 0.5) is 10.5 Å². The van der Waals surface area contributed by atoms with E-state index in [-0.39, 0.29) is 6.09 Å². The van der Waals surface area contributed by atoms with Crippen LogP contribution in [0.1, 0.15) is 52.5 Å². The minimum Gasteiger partial charge on any atom is -0.444 e. The van der Waals surface area contributed by atoms with Crippen molar-refractivity contribution in [2.24, 2.45) is 5.92 Å². The van der Waals surface area contributed by atoms with Gasteiger partial charge in [0.2, 0.25) is 0 Å². The molecule has 0 aromatic heterocycles. The molecule has 1 unspecified atom stereocenters. The fourth-order valence-corrected chi connectivity index (χ4v) is 2.55. The van der Waals surface area contributed by atoms with Gasteiger partial charge in [0.25, 0.3) is 0 Å². The van der Waals surface area contributed by atoms with Gasteiger partial charge in [0.1, 0.15) is 5.60 Å². The molecule has 0 heterocycles. The monoisotopic (exact) mass is 304 g/mol. The van der Waals surface area contributed by atoms with Crippen LogP contribution in [0.15, 0.2) is 24.3 Å². The number of benzene rings is 1. The molecule has 0 radical (unpaired) electrons. The number of amides is 1. The van der Waals surface area contributed by atoms with Crippen molar-refractivity contribution in [2.75, 3.05) is 5.32 Å². The van der Waals surface area contributed by atoms with E-state index >= 15 is 0 Å². The molecule has 22 heavy (non-hydrogen) atoms. The van der Waals surface area contributed by atoms with E-state index in [0.717, 1.165) is 23.6 Å². The number of nitrogens with one attached hydrogen (secondary N) is 2. The third-order valence-corrected chi connectivity index (χ3v) is 3.81. The number of hydrogen-bond donors (Lipinski definition) is 2. The van der Waals surface area contributed by atoms with Gasteiger partial charge >= 0.3 is 6.09 Å². The SMILES string of the molecule is CCC(Nc1ccccc1CNC(=O)OC(C)(C)C)C1CC1. The fourth-order valence-electron chi connectivity index (χ4n) is 2.55. The van der Waals surface area contributed by atoms with Crippen molar-refractivity contribution in [2.45, 2.75) is 65.1 Å². The Morgan fingerprint density at radius 1 is 1.32 bits per heavy atom. The Balaban J connectivity index is 1.94. The Bertz CT molecular complexity index is 504. The zero-order chi connectivity index (χ0) is 16.2. The molecule has 1 aliphatic carbocycles. The molecule has 1 aromatic rings. The van der Waals surface area contributed by atoms with Gasteiger partial charge in [-0.3, -0.25) is 0 Å². The summed E-state index contributed by atoms with van der Waals surface area (Å²) in [5.74, 6) is 0.803. The zero-order valence-electron chi connectivity index (χ0n) is 14.1. The minimum absolute atomic E-state index is 0.378. The second-order valence-corrected chi connectivity index (χ2v) is 7.01. The molecule has 0 aliphatic heterocycles. The van der Waals surface area contributed by atoms with Crippen LogP contribution < -0.4 is 10.6 Å². The highest BCUT2D eigenvalue weighted by Crippen LogP contribution is 2.36. The van der Waals surface area contributed by atoms with E-state index in [1.807, 2.05) is 39.0 Å². The van der Waals surface area contributed by atoms with E-state index in [0.29, 0.717) is 12.6 Å². The largest absolute Gasteiger partial charge is 0.444 e. The summed E-state index contributed by atoms with van der Waals surface area (Å²) in [4.78, 5) is 11.8. The topological polar surface area (TPSA) is 50.4 Å². The predicted octanol–water partition coefficient (Wildman–Crippen LogP) is 4.31. The van der Waals surface area contributed by atoms with Crippen molar-refractivity contribution < 1.29 is 9.53 Å². The Labute approximate surface area is 133 Å². The van der Waals surface area contributed by atoms with Crippen LogP contribution in [-0.2, 0) is 11.3 Å². The van der Waals surface area contributed by atoms with E-state index in [4.69, 9.17) is 4.74 Å². The third kappa shape index (κ3) is 5.24. The number of anilines is 1. The van der Waals surface area contributed by atoms with Gasteiger partial charge in [-0.1, -0.05) is 25.1 Å². The van der Waals surface area contributed by atoms with Gasteiger partial charge in [-0.2, -0.15) is 0 Å². The second-order valence-electron chi connectivity index (χ2n) is 7.01. The molecule has 1 aromatic carbocycles. The van der Waals surface area contributed by atoms with Crippen LogP contribution in [0.2, 0.25) is 0 Å². The molecule has 1 amide bonds. The second kappa shape index (κ2) is 7.03. The predicted molar refractivity (Wildman–Crippen MR) is 89.9 cm³/mol. The summed E-state index contributed by atoms with van der Waals surface area (Å²) in [6.07, 6.45) is 3.39. The highest BCUT2D eigenvalue weighted by atomic mass is 16.6. The standard InChI is InChI=1S/C18H28N2O2/c1-5-15(13-10-11-13)20-16-9-7-6-8-14(16)12-19-17(21)22-18(2,3)4/h6-9,13,15,20H,5,10-12H2,1-4H3,(H,19,21). The molecule has 122 valence electrons. The van der Waals surface area contributed by atoms with Gasteiger partial charge in [-0.15, -0.1) is 0 Å². The van der Waals surface area contributed by atoms with E-state index in [1.165, 1.54) is 12.8 Å². The lowest BCUT2D eigenvalue weighted by molar-refractivity contribution is 0.0523. The van der Waals surface area contributed by atoms with Gasteiger partial charge in [-0.25, -0.2) is 4.79 Å². The smallest absolute Gasteiger partial charge is 0.407 e. The summed E-state index contributed by atoms with van der Waals surface area (Å²) in [5.41, 5.74) is 1.73. The summed E-state index contributed by atoms with van der Waals surface area (Å²) in [7, 11) is 0. The van der Waals surface area contributed by atoms with Crippen LogP contribution in [0.3, 0.4) is 0 Å². The highest BCUT2D eigenvalue weighted by Gasteiger charge is 2.30. The Hall–Kier alpha value is -1.71. The van der Waals surface area contributed by atoms with Gasteiger partial charge in [0.15, 0.2) is 0 Å². The quantitative estimate of drug-likeness (QED) is 0.823. The average molecular weight is 304 g/mol. The number of carbonyl (C=O) groups is 1. The molecular weight excluding hydrogens is 276 g/mol. The first-order chi connectivity index (χ1) is 10.4. The Morgan fingerprint density at radius 3 is 2.59 bits per heavy atom. The van der Waals surface area contributed by atoms with Gasteiger partial charge in [0.05, 0.1) is 0 Å². The zero-order valence-corrected chi connectivity index (χ0v) is 14.1. The molecule has 1 saturated carbocycles. The molecular formula is C18H28N2O2. The molecule has 0 spiro atoms. The summed E-state index contributed by atoms with van der Waals surface area (Å²) in [5, 5.41) is 6.47. The third-order valence-electron chi connectivity index (χ3n) is 3.81. The maximum Gasteiger partial charge on any atom is 0.407 e. The Morgan fingerprint density at radius 2 is 2.00 bits per heavy atom. The highest BCUT2D eigenvalue weighted by molar-refractivity contribution is 5.68. The van der Waals surface area contributed by atoms with Crippen molar-refractivity contribution in [3.8, 4) is 0 Å². The molecule has 4 nitrogen and oxygen atoms in total. The maximum atomic E-state index is 11.8. The van der Waals surface area contributed by atoms with Crippen LogP contribution >= 0.6 is 0 Å². The Kier molecular flexibility index (Phi) is 5.33. The van der Waals surface area contributed by atoms with E-state index in [9.17, 15) is 4.79 Å². The number of carbonyl (C=O) groups excluding carboxylic acids is 1. The summed E-state index contributed by atoms with van der Waals surface area (Å²) >= 11 is 0. The lowest BCUT2D eigenvalue weighted by atomic mass is 10.1. The number of hydrogen-bond acceptors (Lipinski definition) is 3. The molecule has 2 rings (SSSR count). The molecule has 4 heteroatoms. The van der Waals surface area contributed by atoms with Gasteiger partial charge in [0, 0.05) is 18.3 Å². The first-order valence-electron chi connectivity index (χ1n) is 8.20. The van der Waals surface area contributed by atoms with E-state index < -0.39 is 5.60 Å². The minimum atomic E-state index is -0.471. The summed E-state index contributed by atoms with van der Waals surface area (Å²) < 4.78 is 5.28. The van der Waals surface area contributed by atoms with Crippen LogP contribution in [-0.4, -0.2) is 17.7 Å². The van der Waals surface area contributed by atoms with Crippen molar-refractivity contribution in [1.82, 2.24) is 5.32 Å². The molecule has 2 N–H and O–H groups in total. The number of para-hydroxylation sites is 1. The normalized spacial score (nSPS) is 16.0. The molecule has 1 atom stereocenters. The van der Waals surface area contributed by atoms with Gasteiger partial charge < -0.3 is 15.4 Å². The van der Waals surface area contributed by atoms with Crippen LogP contribution in [0.25, 0.3) is 0 Å². The first kappa shape index (κ1) is 16.7. The van der Waals surface area contributed by atoms with Crippen molar-refractivity contribution in [3.63, 3.8) is 0 Å². The lowest BCUT2D eigenvalue weighted by Crippen LogP contribution is -2.32. The first-order valence-corrected chi connectivity index (χ1v) is 8.20. The molecule has 0 bridgehead atoms. The summed E-state index contributed by atoms with van der Waals surface area (Å²) in [6.45, 7) is 8.29. The van der Waals surface area contributed by atoms with Crippen molar-refractivity contribution in [1.29, 1.82) is 0 Å². The number of alkyl carbamates (subject to hydrolysis) is 1. The van der Waals surface area contributed by atoms with Gasteiger partial charge in [-0.05, 0) is 57.6 Å². The number of rotatable bonds is 6. The summed E-state index contributed by atoms with van der Waals surface area (Å²) in [6, 6.07) is 8.67. The van der Waals surface area contributed by atoms with E-state index in [2.05, 4.69) is 23.6 Å². The lowest BCUT2D eigenvalue weighted by Gasteiger charge is -2.22. The number of ether oxygens (including phenoxy) is 1. The fraction of sp³-hybridized carbons (Fsp3) is 0.611. The molecule has 0 saturated heterocycles.